The largest absolute Gasteiger partial charge is 0.310 e. The third kappa shape index (κ3) is 3.38. The minimum atomic E-state index is -0.822. The van der Waals surface area contributed by atoms with Crippen molar-refractivity contribution in [2.24, 2.45) is 7.05 Å². The van der Waals surface area contributed by atoms with Gasteiger partial charge in [0.2, 0.25) is 0 Å². The lowest BCUT2D eigenvalue weighted by molar-refractivity contribution is 0.495. The van der Waals surface area contributed by atoms with Crippen molar-refractivity contribution >= 4 is 0 Å². The highest BCUT2D eigenvalue weighted by molar-refractivity contribution is 5.23. The molecule has 1 aromatic carbocycles. The molecule has 102 valence electrons. The van der Waals surface area contributed by atoms with Gasteiger partial charge < -0.3 is 5.32 Å². The number of aromatic nitrogens is 2. The molecule has 1 heterocycles. The van der Waals surface area contributed by atoms with Gasteiger partial charge in [0, 0.05) is 25.7 Å². The van der Waals surface area contributed by atoms with Crippen molar-refractivity contribution in [3.8, 4) is 0 Å². The van der Waals surface area contributed by atoms with Crippen LogP contribution in [0.4, 0.5) is 8.78 Å². The zero-order chi connectivity index (χ0) is 13.8. The molecular weight excluding hydrogens is 248 g/mol. The number of nitrogens with zero attached hydrogens (tertiary/aromatic N) is 2. The normalized spacial score (nSPS) is 12.6. The van der Waals surface area contributed by atoms with E-state index >= 15 is 0 Å². The lowest BCUT2D eigenvalue weighted by atomic mass is 10.0. The minimum absolute atomic E-state index is 0.0741. The number of benzene rings is 1. The SMILES string of the molecule is CCNC(Cc1ccn(C)n1)c1ccc(F)c(F)c1. The van der Waals surface area contributed by atoms with Gasteiger partial charge in [0.15, 0.2) is 11.6 Å². The number of hydrogen-bond acceptors (Lipinski definition) is 2. The summed E-state index contributed by atoms with van der Waals surface area (Å²) in [6.07, 6.45) is 2.50. The first-order valence-corrected chi connectivity index (χ1v) is 6.27. The Morgan fingerprint density at radius 1 is 1.26 bits per heavy atom. The Balaban J connectivity index is 2.21. The summed E-state index contributed by atoms with van der Waals surface area (Å²) in [6, 6.07) is 5.85. The van der Waals surface area contributed by atoms with Crippen LogP contribution >= 0.6 is 0 Å². The van der Waals surface area contributed by atoms with E-state index in [1.54, 1.807) is 10.7 Å². The van der Waals surface area contributed by atoms with Crippen molar-refractivity contribution in [3.05, 3.63) is 53.4 Å². The van der Waals surface area contributed by atoms with Crippen LogP contribution in [0.2, 0.25) is 0 Å². The van der Waals surface area contributed by atoms with E-state index in [1.165, 1.54) is 6.07 Å². The standard InChI is InChI=1S/C14H17F2N3/c1-3-17-14(9-11-6-7-19(2)18-11)10-4-5-12(15)13(16)8-10/h4-8,14,17H,3,9H2,1-2H3. The van der Waals surface area contributed by atoms with Gasteiger partial charge in [-0.05, 0) is 30.3 Å². The van der Waals surface area contributed by atoms with Crippen LogP contribution in [0, 0.1) is 11.6 Å². The summed E-state index contributed by atoms with van der Waals surface area (Å²) in [5.41, 5.74) is 1.64. The average Bonchev–Trinajstić information content (AvgIpc) is 2.78. The molecule has 0 spiro atoms. The Morgan fingerprint density at radius 2 is 2.05 bits per heavy atom. The molecule has 0 saturated heterocycles. The Bertz CT molecular complexity index is 551. The first-order valence-electron chi connectivity index (χ1n) is 6.27. The highest BCUT2D eigenvalue weighted by Crippen LogP contribution is 2.20. The first-order chi connectivity index (χ1) is 9.10. The molecule has 0 bridgehead atoms. The molecule has 2 aromatic rings. The molecule has 0 aliphatic rings. The number of nitrogens with one attached hydrogen (secondary N) is 1. The molecule has 0 amide bonds. The molecule has 0 saturated carbocycles. The molecule has 0 fully saturated rings. The van der Waals surface area contributed by atoms with Crippen molar-refractivity contribution in [1.82, 2.24) is 15.1 Å². The Morgan fingerprint density at radius 3 is 2.63 bits per heavy atom. The van der Waals surface area contributed by atoms with E-state index in [0.717, 1.165) is 23.9 Å². The van der Waals surface area contributed by atoms with Crippen molar-refractivity contribution < 1.29 is 8.78 Å². The number of likely N-dealkylation sites (N-methyl/N-ethyl adjacent to an activating group) is 1. The zero-order valence-corrected chi connectivity index (χ0v) is 11.0. The summed E-state index contributed by atoms with van der Waals surface area (Å²) in [5, 5.41) is 7.57. The van der Waals surface area contributed by atoms with Gasteiger partial charge in [0.1, 0.15) is 0 Å². The fourth-order valence-corrected chi connectivity index (χ4v) is 2.06. The summed E-state index contributed by atoms with van der Waals surface area (Å²) in [4.78, 5) is 0. The first kappa shape index (κ1) is 13.7. The summed E-state index contributed by atoms with van der Waals surface area (Å²) in [6.45, 7) is 2.72. The summed E-state index contributed by atoms with van der Waals surface area (Å²) in [7, 11) is 1.85. The fraction of sp³-hybridized carbons (Fsp3) is 0.357. The van der Waals surface area contributed by atoms with E-state index in [2.05, 4.69) is 10.4 Å². The summed E-state index contributed by atoms with van der Waals surface area (Å²) < 4.78 is 28.0. The van der Waals surface area contributed by atoms with E-state index in [4.69, 9.17) is 0 Å². The second-order valence-corrected chi connectivity index (χ2v) is 4.47. The molecule has 3 nitrogen and oxygen atoms in total. The van der Waals surface area contributed by atoms with Crippen LogP contribution in [0.3, 0.4) is 0 Å². The van der Waals surface area contributed by atoms with E-state index in [0.29, 0.717) is 6.42 Å². The number of rotatable bonds is 5. The summed E-state index contributed by atoms with van der Waals surface area (Å²) in [5.74, 6) is -1.64. The number of hydrogen-bond donors (Lipinski definition) is 1. The van der Waals surface area contributed by atoms with Crippen LogP contribution < -0.4 is 5.32 Å². The number of aryl methyl sites for hydroxylation is 1. The molecule has 1 N–H and O–H groups in total. The number of halogens is 2. The van der Waals surface area contributed by atoms with Crippen molar-refractivity contribution in [2.45, 2.75) is 19.4 Å². The highest BCUT2D eigenvalue weighted by Gasteiger charge is 2.14. The Labute approximate surface area is 111 Å². The Kier molecular flexibility index (Phi) is 4.27. The lowest BCUT2D eigenvalue weighted by Gasteiger charge is -2.17. The highest BCUT2D eigenvalue weighted by atomic mass is 19.2. The van der Waals surface area contributed by atoms with Crippen LogP contribution in [0.5, 0.6) is 0 Å². The maximum absolute atomic E-state index is 13.3. The van der Waals surface area contributed by atoms with E-state index in [1.807, 2.05) is 26.2 Å². The molecule has 0 radical (unpaired) electrons. The summed E-state index contributed by atoms with van der Waals surface area (Å²) >= 11 is 0. The fourth-order valence-electron chi connectivity index (χ4n) is 2.06. The van der Waals surface area contributed by atoms with Gasteiger partial charge in [-0.3, -0.25) is 4.68 Å². The van der Waals surface area contributed by atoms with Crippen molar-refractivity contribution in [3.63, 3.8) is 0 Å². The van der Waals surface area contributed by atoms with Crippen molar-refractivity contribution in [1.29, 1.82) is 0 Å². The van der Waals surface area contributed by atoms with Gasteiger partial charge in [-0.15, -0.1) is 0 Å². The third-order valence-corrected chi connectivity index (χ3v) is 2.98. The molecule has 5 heteroatoms. The van der Waals surface area contributed by atoms with E-state index in [9.17, 15) is 8.78 Å². The molecule has 0 aliphatic carbocycles. The van der Waals surface area contributed by atoms with Crippen molar-refractivity contribution in [2.75, 3.05) is 6.54 Å². The third-order valence-electron chi connectivity index (χ3n) is 2.98. The smallest absolute Gasteiger partial charge is 0.159 e. The zero-order valence-electron chi connectivity index (χ0n) is 11.0. The maximum Gasteiger partial charge on any atom is 0.159 e. The molecule has 0 aliphatic heterocycles. The van der Waals surface area contributed by atoms with Gasteiger partial charge in [-0.2, -0.15) is 5.10 Å². The van der Waals surface area contributed by atoms with Gasteiger partial charge in [0.05, 0.1) is 5.69 Å². The topological polar surface area (TPSA) is 29.9 Å². The average molecular weight is 265 g/mol. The van der Waals surface area contributed by atoms with Gasteiger partial charge in [-0.25, -0.2) is 8.78 Å². The van der Waals surface area contributed by atoms with Crippen LogP contribution in [-0.2, 0) is 13.5 Å². The molecule has 2 rings (SSSR count). The molecular formula is C14H17F2N3. The molecule has 1 aromatic heterocycles. The van der Waals surface area contributed by atoms with Crippen LogP contribution in [0.25, 0.3) is 0 Å². The predicted molar refractivity (Wildman–Crippen MR) is 69.7 cm³/mol. The quantitative estimate of drug-likeness (QED) is 0.900. The predicted octanol–water partition coefficient (Wildman–Crippen LogP) is 2.59. The molecule has 1 atom stereocenters. The second kappa shape index (κ2) is 5.93. The van der Waals surface area contributed by atoms with Gasteiger partial charge in [-0.1, -0.05) is 13.0 Å². The maximum atomic E-state index is 13.3. The Hall–Kier alpha value is -1.75. The monoisotopic (exact) mass is 265 g/mol. The van der Waals surface area contributed by atoms with Gasteiger partial charge >= 0.3 is 0 Å². The van der Waals surface area contributed by atoms with Crippen LogP contribution in [0.1, 0.15) is 24.2 Å². The molecule has 1 unspecified atom stereocenters. The minimum Gasteiger partial charge on any atom is -0.310 e. The second-order valence-electron chi connectivity index (χ2n) is 4.47. The van der Waals surface area contributed by atoms with Crippen LogP contribution in [0.15, 0.2) is 30.5 Å². The molecule has 19 heavy (non-hydrogen) atoms. The van der Waals surface area contributed by atoms with Gasteiger partial charge in [0.25, 0.3) is 0 Å². The van der Waals surface area contributed by atoms with E-state index in [-0.39, 0.29) is 6.04 Å². The van der Waals surface area contributed by atoms with Crippen LogP contribution in [-0.4, -0.2) is 16.3 Å². The van der Waals surface area contributed by atoms with E-state index < -0.39 is 11.6 Å². The lowest BCUT2D eigenvalue weighted by Crippen LogP contribution is -2.23.